The molecule has 1 aromatic carbocycles. The minimum Gasteiger partial charge on any atom is -0.382 e. The smallest absolute Gasteiger partial charge is 0.207 e. The van der Waals surface area contributed by atoms with E-state index in [9.17, 15) is 0 Å². The molecule has 0 atom stereocenters. The summed E-state index contributed by atoms with van der Waals surface area (Å²) in [7, 11) is 0. The quantitative estimate of drug-likeness (QED) is 0.757. The lowest BCUT2D eigenvalue weighted by molar-refractivity contribution is 0.147. The summed E-state index contributed by atoms with van der Waals surface area (Å²) in [5.74, 6) is 0.779. The molecule has 0 fully saturated rings. The molecule has 0 aliphatic heterocycles. The van der Waals surface area contributed by atoms with Crippen LogP contribution in [-0.4, -0.2) is 29.3 Å². The fourth-order valence-corrected chi connectivity index (χ4v) is 2.38. The van der Waals surface area contributed by atoms with Gasteiger partial charge in [-0.3, -0.25) is 4.57 Å². The Morgan fingerprint density at radius 2 is 2.30 bits per heavy atom. The van der Waals surface area contributed by atoms with Gasteiger partial charge in [-0.15, -0.1) is 0 Å². The third-order valence-electron chi connectivity index (χ3n) is 2.76. The van der Waals surface area contributed by atoms with Crippen LogP contribution in [-0.2, 0) is 4.74 Å². The van der Waals surface area contributed by atoms with E-state index >= 15 is 0 Å². The molecule has 1 aromatic heterocycles. The van der Waals surface area contributed by atoms with E-state index < -0.39 is 0 Å². The number of rotatable bonds is 7. The maximum atomic E-state index is 6.24. The van der Waals surface area contributed by atoms with E-state index in [1.54, 1.807) is 6.20 Å². The molecule has 0 amide bonds. The first-order valence-corrected chi connectivity index (χ1v) is 7.70. The molecule has 2 aromatic rings. The maximum absolute atomic E-state index is 6.24. The molecule has 0 aliphatic rings. The Morgan fingerprint density at radius 3 is 3.10 bits per heavy atom. The Kier molecular flexibility index (Phi) is 5.88. The van der Waals surface area contributed by atoms with Gasteiger partial charge in [0.05, 0.1) is 10.7 Å². The topological polar surface area (TPSA) is 39.1 Å². The van der Waals surface area contributed by atoms with Crippen molar-refractivity contribution in [3.63, 3.8) is 0 Å². The van der Waals surface area contributed by atoms with E-state index in [1.165, 1.54) is 0 Å². The Labute approximate surface area is 132 Å². The zero-order chi connectivity index (χ0) is 14.4. The average Bonchev–Trinajstić information content (AvgIpc) is 2.89. The molecule has 0 saturated carbocycles. The lowest BCUT2D eigenvalue weighted by Crippen LogP contribution is -2.10. The standard InChI is InChI=1S/C14H17BrClN3O/c1-2-20-9-3-6-17-14-18-7-8-19(14)13-10-11(15)4-5-12(13)16/h4-5,7-8,10H,2-3,6,9H2,1H3,(H,17,18). The summed E-state index contributed by atoms with van der Waals surface area (Å²) in [6, 6.07) is 5.74. The second-order valence-corrected chi connectivity index (χ2v) is 5.52. The number of nitrogens with one attached hydrogen (secondary N) is 1. The molecule has 0 unspecified atom stereocenters. The van der Waals surface area contributed by atoms with Crippen molar-refractivity contribution in [3.8, 4) is 5.69 Å². The molecule has 2 rings (SSSR count). The highest BCUT2D eigenvalue weighted by atomic mass is 79.9. The van der Waals surface area contributed by atoms with Crippen molar-refractivity contribution in [1.82, 2.24) is 9.55 Å². The largest absolute Gasteiger partial charge is 0.382 e. The van der Waals surface area contributed by atoms with Gasteiger partial charge in [0.15, 0.2) is 0 Å². The van der Waals surface area contributed by atoms with Crippen LogP contribution < -0.4 is 5.32 Å². The summed E-state index contributed by atoms with van der Waals surface area (Å²) in [5, 5.41) is 3.98. The highest BCUT2D eigenvalue weighted by molar-refractivity contribution is 9.10. The highest BCUT2D eigenvalue weighted by Gasteiger charge is 2.08. The number of imidazole rings is 1. The van der Waals surface area contributed by atoms with Gasteiger partial charge >= 0.3 is 0 Å². The van der Waals surface area contributed by atoms with Crippen molar-refractivity contribution in [3.05, 3.63) is 40.1 Å². The van der Waals surface area contributed by atoms with Crippen molar-refractivity contribution < 1.29 is 4.74 Å². The van der Waals surface area contributed by atoms with Gasteiger partial charge in [0.1, 0.15) is 0 Å². The number of nitrogens with zero attached hydrogens (tertiary/aromatic N) is 2. The van der Waals surface area contributed by atoms with Crippen LogP contribution in [0.15, 0.2) is 35.1 Å². The zero-order valence-corrected chi connectivity index (χ0v) is 13.6. The molecule has 1 heterocycles. The minimum absolute atomic E-state index is 0.684. The van der Waals surface area contributed by atoms with E-state index in [4.69, 9.17) is 16.3 Å². The number of ether oxygens (including phenoxy) is 1. The fourth-order valence-electron chi connectivity index (χ4n) is 1.82. The second kappa shape index (κ2) is 7.67. The Balaban J connectivity index is 2.06. The number of benzene rings is 1. The predicted octanol–water partition coefficient (Wildman–Crippen LogP) is 4.13. The summed E-state index contributed by atoms with van der Waals surface area (Å²) < 4.78 is 8.23. The van der Waals surface area contributed by atoms with Gasteiger partial charge < -0.3 is 10.1 Å². The Hall–Kier alpha value is -1.04. The number of aromatic nitrogens is 2. The Morgan fingerprint density at radius 1 is 1.45 bits per heavy atom. The van der Waals surface area contributed by atoms with Crippen molar-refractivity contribution in [2.24, 2.45) is 0 Å². The number of halogens is 2. The highest BCUT2D eigenvalue weighted by Crippen LogP contribution is 2.26. The molecule has 6 heteroatoms. The van der Waals surface area contributed by atoms with E-state index in [0.717, 1.165) is 42.3 Å². The number of hydrogen-bond acceptors (Lipinski definition) is 3. The predicted molar refractivity (Wildman–Crippen MR) is 85.9 cm³/mol. The third-order valence-corrected chi connectivity index (χ3v) is 3.57. The summed E-state index contributed by atoms with van der Waals surface area (Å²) >= 11 is 9.70. The molecule has 0 radical (unpaired) electrons. The van der Waals surface area contributed by atoms with Crippen molar-refractivity contribution in [2.75, 3.05) is 25.1 Å². The van der Waals surface area contributed by atoms with Crippen LogP contribution in [0.1, 0.15) is 13.3 Å². The Bertz CT molecular complexity index is 559. The molecule has 1 N–H and O–H groups in total. The molecule has 0 saturated heterocycles. The van der Waals surface area contributed by atoms with Crippen LogP contribution in [0.4, 0.5) is 5.95 Å². The number of hydrogen-bond donors (Lipinski definition) is 1. The van der Waals surface area contributed by atoms with E-state index in [-0.39, 0.29) is 0 Å². The molecule has 0 bridgehead atoms. The van der Waals surface area contributed by atoms with E-state index in [1.807, 2.05) is 35.9 Å². The fraction of sp³-hybridized carbons (Fsp3) is 0.357. The molecular formula is C14H17BrClN3O. The van der Waals surface area contributed by atoms with Crippen LogP contribution in [0.3, 0.4) is 0 Å². The van der Waals surface area contributed by atoms with Gasteiger partial charge in [0.2, 0.25) is 5.95 Å². The lowest BCUT2D eigenvalue weighted by Gasteiger charge is -2.11. The summed E-state index contributed by atoms with van der Waals surface area (Å²) in [4.78, 5) is 4.32. The zero-order valence-electron chi connectivity index (χ0n) is 11.3. The lowest BCUT2D eigenvalue weighted by atomic mass is 10.3. The second-order valence-electron chi connectivity index (χ2n) is 4.19. The monoisotopic (exact) mass is 357 g/mol. The minimum atomic E-state index is 0.684. The van der Waals surface area contributed by atoms with Crippen LogP contribution >= 0.6 is 27.5 Å². The summed E-state index contributed by atoms with van der Waals surface area (Å²) in [6.45, 7) is 4.31. The maximum Gasteiger partial charge on any atom is 0.207 e. The van der Waals surface area contributed by atoms with Crippen LogP contribution in [0.2, 0.25) is 5.02 Å². The normalized spacial score (nSPS) is 10.8. The van der Waals surface area contributed by atoms with Gasteiger partial charge in [0, 0.05) is 36.6 Å². The first kappa shape index (κ1) is 15.4. The van der Waals surface area contributed by atoms with Crippen LogP contribution in [0.5, 0.6) is 0 Å². The molecule has 4 nitrogen and oxygen atoms in total. The first-order chi connectivity index (χ1) is 9.72. The first-order valence-electron chi connectivity index (χ1n) is 6.52. The SMILES string of the molecule is CCOCCCNc1nccn1-c1cc(Br)ccc1Cl. The van der Waals surface area contributed by atoms with Gasteiger partial charge in [-0.25, -0.2) is 4.98 Å². The molecule has 0 spiro atoms. The van der Waals surface area contributed by atoms with E-state index in [0.29, 0.717) is 5.02 Å². The van der Waals surface area contributed by atoms with Gasteiger partial charge in [-0.1, -0.05) is 27.5 Å². The molecule has 108 valence electrons. The molecule has 0 aliphatic carbocycles. The average molecular weight is 359 g/mol. The summed E-state index contributed by atoms with van der Waals surface area (Å²) in [5.41, 5.74) is 0.894. The van der Waals surface area contributed by atoms with E-state index in [2.05, 4.69) is 26.2 Å². The van der Waals surface area contributed by atoms with Crippen LogP contribution in [0, 0.1) is 0 Å². The third kappa shape index (κ3) is 3.98. The molecule has 20 heavy (non-hydrogen) atoms. The van der Waals surface area contributed by atoms with Gasteiger partial charge in [-0.2, -0.15) is 0 Å². The van der Waals surface area contributed by atoms with Crippen molar-refractivity contribution in [1.29, 1.82) is 0 Å². The van der Waals surface area contributed by atoms with Crippen molar-refractivity contribution >= 4 is 33.5 Å². The van der Waals surface area contributed by atoms with Crippen LogP contribution in [0.25, 0.3) is 5.69 Å². The van der Waals surface area contributed by atoms with Crippen molar-refractivity contribution in [2.45, 2.75) is 13.3 Å². The number of anilines is 1. The molecular weight excluding hydrogens is 342 g/mol. The summed E-state index contributed by atoms with van der Waals surface area (Å²) in [6.07, 6.45) is 4.58. The van der Waals surface area contributed by atoms with Gasteiger partial charge in [-0.05, 0) is 31.5 Å². The van der Waals surface area contributed by atoms with Gasteiger partial charge in [0.25, 0.3) is 0 Å².